The van der Waals surface area contributed by atoms with Gasteiger partial charge in [0, 0.05) is 45.6 Å². The van der Waals surface area contributed by atoms with Gasteiger partial charge in [-0.3, -0.25) is 0 Å². The Morgan fingerprint density at radius 2 is 0.933 bits per heavy atom. The van der Waals surface area contributed by atoms with Gasteiger partial charge in [0.05, 0.1) is 0 Å². The fourth-order valence-corrected chi connectivity index (χ4v) is 1.60. The van der Waals surface area contributed by atoms with Crippen molar-refractivity contribution in [1.29, 1.82) is 0 Å². The van der Waals surface area contributed by atoms with E-state index >= 15 is 0 Å². The van der Waals surface area contributed by atoms with Gasteiger partial charge in [0.25, 0.3) is 0 Å². The van der Waals surface area contributed by atoms with Crippen LogP contribution in [0.2, 0.25) is 0 Å². The molecular formula is C23H46O6Ti. The summed E-state index contributed by atoms with van der Waals surface area (Å²) in [6.07, 6.45) is 13.1. The average Bonchev–Trinajstić information content (AvgIpc) is 2.61. The molecule has 0 aromatic carbocycles. The van der Waals surface area contributed by atoms with Crippen molar-refractivity contribution in [3.05, 3.63) is 24.3 Å². The van der Waals surface area contributed by atoms with E-state index in [2.05, 4.69) is 20.1 Å². The molecule has 0 atom stereocenters. The summed E-state index contributed by atoms with van der Waals surface area (Å²) in [6, 6.07) is 0. The van der Waals surface area contributed by atoms with E-state index in [1.165, 1.54) is 71.6 Å². The van der Waals surface area contributed by atoms with Crippen LogP contribution in [-0.2, 0) is 31.3 Å². The van der Waals surface area contributed by atoms with Crippen LogP contribution < -0.4 is 0 Å². The minimum absolute atomic E-state index is 0. The Hall–Kier alpha value is -0.946. The Bertz CT molecular complexity index is 348. The molecule has 0 aliphatic rings. The fraction of sp³-hybridized carbons (Fsp3) is 0.739. The molecule has 0 radical (unpaired) electrons. The first-order valence-corrected chi connectivity index (χ1v) is 10.5. The molecule has 0 spiro atoms. The molecule has 0 aromatic rings. The molecule has 0 saturated heterocycles. The Morgan fingerprint density at radius 3 is 1.10 bits per heavy atom. The zero-order chi connectivity index (χ0) is 23.7. The van der Waals surface area contributed by atoms with Gasteiger partial charge in [-0.15, -0.1) is 0 Å². The molecule has 0 amide bonds. The molecule has 30 heavy (non-hydrogen) atoms. The van der Waals surface area contributed by atoms with E-state index in [4.69, 9.17) is 20.4 Å². The normalized spacial score (nSPS) is 8.80. The van der Waals surface area contributed by atoms with E-state index in [0.717, 1.165) is 6.42 Å². The van der Waals surface area contributed by atoms with Crippen molar-refractivity contribution in [3.63, 3.8) is 0 Å². The molecule has 4 N–H and O–H groups in total. The topological polar surface area (TPSA) is 115 Å². The number of carbonyl (C=O) groups is 2. The third kappa shape index (κ3) is 63.1. The number of aliphatic carboxylic acids is 2. The third-order valence-corrected chi connectivity index (χ3v) is 3.24. The molecule has 178 valence electrons. The Morgan fingerprint density at radius 1 is 0.733 bits per heavy atom. The maximum Gasteiger partial charge on any atom is 0.330 e. The number of unbranched alkanes of at least 4 members (excludes halogenated alkanes) is 9. The molecule has 0 aliphatic carbocycles. The monoisotopic (exact) mass is 466 g/mol. The number of aliphatic hydroxyl groups is 2. The van der Waals surface area contributed by atoms with E-state index in [0.29, 0.717) is 6.61 Å². The number of hydrogen-bond acceptors (Lipinski definition) is 4. The summed E-state index contributed by atoms with van der Waals surface area (Å²) in [6.45, 7) is 15.3. The first-order valence-electron chi connectivity index (χ1n) is 10.5. The predicted octanol–water partition coefficient (Wildman–Crippen LogP) is 5.58. The molecule has 0 aromatic heterocycles. The van der Waals surface area contributed by atoms with Crippen LogP contribution >= 0.6 is 0 Å². The van der Waals surface area contributed by atoms with Gasteiger partial charge in [-0.2, -0.15) is 0 Å². The largest absolute Gasteiger partial charge is 0.478 e. The van der Waals surface area contributed by atoms with E-state index in [9.17, 15) is 9.59 Å². The SMILES string of the molecule is C=C(C)C(=O)O.C=C(C)C(=O)O.CC(C)O.CCCCCCCCCCCCO.[Ti]. The van der Waals surface area contributed by atoms with Crippen molar-refractivity contribution in [1.82, 2.24) is 0 Å². The Labute approximate surface area is 199 Å². The first-order chi connectivity index (χ1) is 13.4. The van der Waals surface area contributed by atoms with E-state index < -0.39 is 11.9 Å². The maximum absolute atomic E-state index is 9.60. The van der Waals surface area contributed by atoms with Crippen LogP contribution in [0.5, 0.6) is 0 Å². The molecule has 0 aliphatic heterocycles. The first kappa shape index (κ1) is 39.5. The van der Waals surface area contributed by atoms with Gasteiger partial charge in [-0.25, -0.2) is 9.59 Å². The van der Waals surface area contributed by atoms with E-state index in [-0.39, 0.29) is 39.0 Å². The summed E-state index contributed by atoms with van der Waals surface area (Å²) >= 11 is 0. The number of carboxylic acids is 2. The summed E-state index contributed by atoms with van der Waals surface area (Å²) in [5.74, 6) is -1.87. The molecule has 0 bridgehead atoms. The van der Waals surface area contributed by atoms with Crippen LogP contribution in [0.15, 0.2) is 24.3 Å². The number of aliphatic hydroxyl groups excluding tert-OH is 2. The Balaban J connectivity index is -0.000000103. The number of hydrogen-bond donors (Lipinski definition) is 4. The number of carboxylic acid groups (broad SMARTS) is 2. The van der Waals surface area contributed by atoms with Crippen molar-refractivity contribution < 1.29 is 51.7 Å². The molecule has 0 rings (SSSR count). The second-order valence-electron chi connectivity index (χ2n) is 7.17. The van der Waals surface area contributed by atoms with Crippen molar-refractivity contribution in [3.8, 4) is 0 Å². The van der Waals surface area contributed by atoms with Gasteiger partial charge < -0.3 is 20.4 Å². The van der Waals surface area contributed by atoms with Crippen molar-refractivity contribution in [2.75, 3.05) is 6.61 Å². The zero-order valence-corrected chi connectivity index (χ0v) is 21.4. The molecule has 0 unspecified atom stereocenters. The molecule has 0 saturated carbocycles. The molecule has 7 heteroatoms. The molecule has 0 heterocycles. The quantitative estimate of drug-likeness (QED) is 0.170. The van der Waals surface area contributed by atoms with Crippen molar-refractivity contribution in [2.24, 2.45) is 0 Å². The van der Waals surface area contributed by atoms with Crippen LogP contribution in [0.1, 0.15) is 98.8 Å². The smallest absolute Gasteiger partial charge is 0.330 e. The standard InChI is InChI=1S/C12H26O.2C4H6O2.C3H8O.Ti/c1-2-3-4-5-6-7-8-9-10-11-12-13;2*1-3(2)4(5)6;1-3(2)4;/h13H,2-12H2,1H3;2*1H2,2H3,(H,5,6);3-4H,1-2H3;. The minimum Gasteiger partial charge on any atom is -0.478 e. The van der Waals surface area contributed by atoms with Crippen LogP contribution in [0.3, 0.4) is 0 Å². The predicted molar refractivity (Wildman–Crippen MR) is 121 cm³/mol. The van der Waals surface area contributed by atoms with Crippen molar-refractivity contribution >= 4 is 11.9 Å². The second kappa shape index (κ2) is 32.7. The maximum atomic E-state index is 9.60. The van der Waals surface area contributed by atoms with Gasteiger partial charge in [-0.05, 0) is 34.1 Å². The fourth-order valence-electron chi connectivity index (χ4n) is 1.60. The molecular weight excluding hydrogens is 420 g/mol. The summed E-state index contributed by atoms with van der Waals surface area (Å²) in [4.78, 5) is 19.2. The average molecular weight is 466 g/mol. The van der Waals surface area contributed by atoms with Gasteiger partial charge in [0.15, 0.2) is 0 Å². The van der Waals surface area contributed by atoms with E-state index in [1.54, 1.807) is 13.8 Å². The summed E-state index contributed by atoms with van der Waals surface area (Å²) in [5.41, 5.74) is 0.352. The minimum atomic E-state index is -0.935. The molecule has 6 nitrogen and oxygen atoms in total. The van der Waals surface area contributed by atoms with Crippen LogP contribution in [-0.4, -0.2) is 45.1 Å². The number of rotatable bonds is 12. The van der Waals surface area contributed by atoms with Crippen LogP contribution in [0.25, 0.3) is 0 Å². The van der Waals surface area contributed by atoms with Crippen LogP contribution in [0.4, 0.5) is 0 Å². The third-order valence-electron chi connectivity index (χ3n) is 3.24. The van der Waals surface area contributed by atoms with E-state index in [1.807, 2.05) is 0 Å². The van der Waals surface area contributed by atoms with Crippen molar-refractivity contribution in [2.45, 2.75) is 105 Å². The second-order valence-corrected chi connectivity index (χ2v) is 7.17. The Kier molecular flexibility index (Phi) is 43.1. The summed E-state index contributed by atoms with van der Waals surface area (Å²) < 4.78 is 0. The summed E-state index contributed by atoms with van der Waals surface area (Å²) in [7, 11) is 0. The van der Waals surface area contributed by atoms with Gasteiger partial charge >= 0.3 is 11.9 Å². The summed E-state index contributed by atoms with van der Waals surface area (Å²) in [5, 5.41) is 32.4. The molecule has 0 fully saturated rings. The van der Waals surface area contributed by atoms with Gasteiger partial charge in [0.2, 0.25) is 0 Å². The van der Waals surface area contributed by atoms with Gasteiger partial charge in [-0.1, -0.05) is 77.9 Å². The zero-order valence-electron chi connectivity index (χ0n) is 19.9. The van der Waals surface area contributed by atoms with Gasteiger partial charge in [0.1, 0.15) is 0 Å². The van der Waals surface area contributed by atoms with Crippen LogP contribution in [0, 0.1) is 0 Å².